The van der Waals surface area contributed by atoms with Crippen LogP contribution in [0, 0.1) is 39.9 Å². The zero-order valence-electron chi connectivity index (χ0n) is 17.5. The highest BCUT2D eigenvalue weighted by atomic mass is 16.1. The summed E-state index contributed by atoms with van der Waals surface area (Å²) in [6.45, 7) is 6.89. The van der Waals surface area contributed by atoms with Gasteiger partial charge in [-0.25, -0.2) is 0 Å². The monoisotopic (exact) mass is 368 g/mol. The molecule has 0 bridgehead atoms. The van der Waals surface area contributed by atoms with Crippen LogP contribution in [-0.4, -0.2) is 11.6 Å². The quantitative estimate of drug-likeness (QED) is 0.578. The number of ketones is 2. The normalized spacial score (nSPS) is 51.5. The average molecular weight is 369 g/mol. The number of fused-ring (bicyclic) bond motifs is 7. The largest absolute Gasteiger partial charge is 0.299 e. The first-order valence-corrected chi connectivity index (χ1v) is 11.6. The smallest absolute Gasteiger partial charge is 0.155 e. The van der Waals surface area contributed by atoms with Crippen LogP contribution in [0.4, 0.5) is 0 Å². The third-order valence-electron chi connectivity index (χ3n) is 10.6. The Hall–Kier alpha value is -0.920. The molecule has 4 fully saturated rings. The second-order valence-corrected chi connectivity index (χ2v) is 11.1. The minimum Gasteiger partial charge on any atom is -0.299 e. The number of allylic oxidation sites excluding steroid dienone is 1. The minimum atomic E-state index is -0.0273. The van der Waals surface area contributed by atoms with Crippen molar-refractivity contribution < 1.29 is 9.59 Å². The van der Waals surface area contributed by atoms with Gasteiger partial charge in [0.15, 0.2) is 5.78 Å². The Bertz CT molecular complexity index is 720. The zero-order valence-corrected chi connectivity index (χ0v) is 17.5. The molecule has 2 heteroatoms. The topological polar surface area (TPSA) is 34.1 Å². The van der Waals surface area contributed by atoms with Crippen molar-refractivity contribution in [2.24, 2.45) is 39.9 Å². The first-order valence-electron chi connectivity index (χ1n) is 11.6. The molecule has 27 heavy (non-hydrogen) atoms. The molecule has 2 nitrogen and oxygen atoms in total. The second-order valence-electron chi connectivity index (χ2n) is 11.1. The summed E-state index contributed by atoms with van der Waals surface area (Å²) in [5, 5.41) is 0. The molecule has 0 aromatic carbocycles. The van der Waals surface area contributed by atoms with Crippen molar-refractivity contribution in [1.82, 2.24) is 0 Å². The van der Waals surface area contributed by atoms with Gasteiger partial charge in [0.1, 0.15) is 5.78 Å². The number of carbonyl (C=O) groups is 2. The van der Waals surface area contributed by atoms with E-state index in [9.17, 15) is 9.59 Å². The maximum Gasteiger partial charge on any atom is 0.155 e. The lowest BCUT2D eigenvalue weighted by atomic mass is 9.44. The number of hydrogen-bond donors (Lipinski definition) is 0. The Kier molecular flexibility index (Phi) is 3.89. The van der Waals surface area contributed by atoms with Crippen molar-refractivity contribution in [3.8, 4) is 0 Å². The van der Waals surface area contributed by atoms with Gasteiger partial charge in [0, 0.05) is 11.8 Å². The van der Waals surface area contributed by atoms with E-state index in [0.717, 1.165) is 43.4 Å². The Morgan fingerprint density at radius 1 is 1.00 bits per heavy atom. The van der Waals surface area contributed by atoms with Gasteiger partial charge < -0.3 is 0 Å². The Labute approximate surface area is 164 Å². The van der Waals surface area contributed by atoms with E-state index >= 15 is 0 Å². The lowest BCUT2D eigenvalue weighted by Gasteiger charge is -2.60. The van der Waals surface area contributed by atoms with Crippen LogP contribution in [0.2, 0.25) is 0 Å². The average Bonchev–Trinajstić information content (AvgIpc) is 2.92. The van der Waals surface area contributed by atoms with Crippen LogP contribution in [0.5, 0.6) is 0 Å². The van der Waals surface area contributed by atoms with Crippen LogP contribution in [0.3, 0.4) is 0 Å². The van der Waals surface area contributed by atoms with Crippen molar-refractivity contribution in [2.45, 2.75) is 91.4 Å². The molecule has 0 aromatic rings. The summed E-state index contributed by atoms with van der Waals surface area (Å²) in [7, 11) is 0. The van der Waals surface area contributed by atoms with E-state index in [4.69, 9.17) is 0 Å². The van der Waals surface area contributed by atoms with Crippen molar-refractivity contribution in [3.63, 3.8) is 0 Å². The van der Waals surface area contributed by atoms with E-state index in [1.807, 2.05) is 13.0 Å². The molecule has 0 heterocycles. The molecule has 5 rings (SSSR count). The Morgan fingerprint density at radius 3 is 2.59 bits per heavy atom. The van der Waals surface area contributed by atoms with Crippen LogP contribution in [0.15, 0.2) is 11.6 Å². The summed E-state index contributed by atoms with van der Waals surface area (Å²) in [6, 6.07) is 0. The van der Waals surface area contributed by atoms with Gasteiger partial charge in [-0.05, 0) is 98.9 Å². The van der Waals surface area contributed by atoms with Crippen LogP contribution in [0.25, 0.3) is 0 Å². The highest BCUT2D eigenvalue weighted by Gasteiger charge is 2.69. The molecule has 148 valence electrons. The summed E-state index contributed by atoms with van der Waals surface area (Å²) in [4.78, 5) is 25.1. The summed E-state index contributed by atoms with van der Waals surface area (Å²) in [6.07, 6.45) is 15.0. The lowest BCUT2D eigenvalue weighted by Crippen LogP contribution is -2.55. The number of hydrogen-bond acceptors (Lipinski definition) is 2. The van der Waals surface area contributed by atoms with Crippen molar-refractivity contribution in [1.29, 1.82) is 0 Å². The van der Waals surface area contributed by atoms with Gasteiger partial charge in [-0.1, -0.05) is 32.3 Å². The maximum absolute atomic E-state index is 13.1. The fraction of sp³-hybridized carbons (Fsp3) is 0.840. The summed E-state index contributed by atoms with van der Waals surface area (Å²) in [5.41, 5.74) is 1.89. The molecule has 3 unspecified atom stereocenters. The number of rotatable bonds is 1. The van der Waals surface area contributed by atoms with Crippen molar-refractivity contribution >= 4 is 11.6 Å². The molecule has 0 amide bonds. The molecular weight excluding hydrogens is 332 g/mol. The van der Waals surface area contributed by atoms with Gasteiger partial charge in [-0.3, -0.25) is 9.59 Å². The van der Waals surface area contributed by atoms with Gasteiger partial charge in [0.05, 0.1) is 0 Å². The fourth-order valence-corrected chi connectivity index (χ4v) is 9.36. The first kappa shape index (κ1) is 18.1. The standard InChI is InChI=1S/C25H36O2/c1-16(26)25-11-5-4-6-18(25)15-22-20-8-7-17-14-19(27)9-12-23(17,2)21(20)10-13-24(22,25)3/h14,18,20-22H,4-13,15H2,1-3H3/t18-,20?,21?,22?,23+,24+,25+/m1/s1. The third kappa shape index (κ3) is 2.14. The van der Waals surface area contributed by atoms with Crippen molar-refractivity contribution in [3.05, 3.63) is 11.6 Å². The summed E-state index contributed by atoms with van der Waals surface area (Å²) >= 11 is 0. The zero-order chi connectivity index (χ0) is 19.0. The minimum absolute atomic E-state index is 0.0273. The van der Waals surface area contributed by atoms with Gasteiger partial charge in [-0.2, -0.15) is 0 Å². The van der Waals surface area contributed by atoms with Crippen LogP contribution in [-0.2, 0) is 9.59 Å². The van der Waals surface area contributed by atoms with Crippen LogP contribution < -0.4 is 0 Å². The van der Waals surface area contributed by atoms with Gasteiger partial charge >= 0.3 is 0 Å². The fourth-order valence-electron chi connectivity index (χ4n) is 9.36. The Morgan fingerprint density at radius 2 is 1.81 bits per heavy atom. The Balaban J connectivity index is 1.54. The summed E-state index contributed by atoms with van der Waals surface area (Å²) < 4.78 is 0. The predicted octanol–water partition coefficient (Wildman–Crippen LogP) is 5.89. The molecule has 0 spiro atoms. The van der Waals surface area contributed by atoms with Crippen LogP contribution >= 0.6 is 0 Å². The van der Waals surface area contributed by atoms with E-state index in [-0.39, 0.29) is 16.2 Å². The van der Waals surface area contributed by atoms with E-state index in [0.29, 0.717) is 17.5 Å². The highest BCUT2D eigenvalue weighted by Crippen LogP contribution is 2.74. The number of carbonyl (C=O) groups excluding carboxylic acids is 2. The maximum atomic E-state index is 13.1. The number of Topliss-reactive ketones (excluding diaryl/α,β-unsaturated/α-hetero) is 1. The predicted molar refractivity (Wildman–Crippen MR) is 107 cm³/mol. The molecule has 5 aliphatic rings. The highest BCUT2D eigenvalue weighted by molar-refractivity contribution is 5.91. The molecule has 0 N–H and O–H groups in total. The first-order chi connectivity index (χ1) is 12.8. The molecule has 0 aliphatic heterocycles. The van der Waals surface area contributed by atoms with Crippen molar-refractivity contribution in [2.75, 3.05) is 0 Å². The van der Waals surface area contributed by atoms with Crippen LogP contribution in [0.1, 0.15) is 91.4 Å². The van der Waals surface area contributed by atoms with Gasteiger partial charge in [0.2, 0.25) is 0 Å². The lowest BCUT2D eigenvalue weighted by molar-refractivity contribution is -0.148. The molecule has 0 saturated heterocycles. The van der Waals surface area contributed by atoms with Gasteiger partial charge in [-0.15, -0.1) is 0 Å². The molecule has 0 aromatic heterocycles. The van der Waals surface area contributed by atoms with E-state index in [1.165, 1.54) is 50.5 Å². The van der Waals surface area contributed by atoms with E-state index in [2.05, 4.69) is 13.8 Å². The van der Waals surface area contributed by atoms with Gasteiger partial charge in [0.25, 0.3) is 0 Å². The SMILES string of the molecule is CC(=O)[C@@]12CCCC[C@@H]1CC1C3CCC4=CC(=O)CC[C@]4(C)C3CC[C@@]12C. The molecular formula is C25H36O2. The molecule has 5 aliphatic carbocycles. The molecule has 0 radical (unpaired) electrons. The second kappa shape index (κ2) is 5.80. The summed E-state index contributed by atoms with van der Waals surface area (Å²) in [5.74, 6) is 3.70. The third-order valence-corrected chi connectivity index (χ3v) is 10.6. The van der Waals surface area contributed by atoms with E-state index in [1.54, 1.807) is 0 Å². The van der Waals surface area contributed by atoms with E-state index < -0.39 is 0 Å². The molecule has 4 saturated carbocycles. The molecule has 7 atom stereocenters.